The topological polar surface area (TPSA) is 49.3 Å². The number of halogens is 1. The predicted octanol–water partition coefficient (Wildman–Crippen LogP) is 3.74. The lowest BCUT2D eigenvalue weighted by atomic mass is 10.1. The maximum absolute atomic E-state index is 5.98. The van der Waals surface area contributed by atoms with Crippen molar-refractivity contribution in [2.24, 2.45) is 4.99 Å². The summed E-state index contributed by atoms with van der Waals surface area (Å²) in [5, 5.41) is 3.57. The van der Waals surface area contributed by atoms with Gasteiger partial charge in [-0.1, -0.05) is 24.3 Å². The Morgan fingerprint density at radius 1 is 1.20 bits per heavy atom. The minimum absolute atomic E-state index is 0. The number of piperidine rings is 1. The fourth-order valence-corrected chi connectivity index (χ4v) is 3.53. The lowest BCUT2D eigenvalue weighted by molar-refractivity contribution is 0.00989. The van der Waals surface area contributed by atoms with E-state index in [0.29, 0.717) is 12.1 Å². The van der Waals surface area contributed by atoms with Crippen molar-refractivity contribution in [1.29, 1.82) is 0 Å². The molecule has 6 nitrogen and oxygen atoms in total. The molecule has 0 saturated carbocycles. The molecule has 0 unspecified atom stereocenters. The van der Waals surface area contributed by atoms with Gasteiger partial charge in [-0.15, -0.1) is 24.0 Å². The van der Waals surface area contributed by atoms with Crippen molar-refractivity contribution < 1.29 is 9.47 Å². The number of methoxy groups -OCH3 is 1. The van der Waals surface area contributed by atoms with Gasteiger partial charge in [-0.3, -0.25) is 9.89 Å². The van der Waals surface area contributed by atoms with Crippen molar-refractivity contribution >= 4 is 29.9 Å². The Labute approximate surface area is 200 Å². The zero-order valence-corrected chi connectivity index (χ0v) is 21.7. The molecule has 0 amide bonds. The molecule has 1 aromatic carbocycles. The Bertz CT molecular complexity index is 619. The number of likely N-dealkylation sites (tertiary alicyclic amines) is 1. The van der Waals surface area contributed by atoms with E-state index in [1.54, 1.807) is 7.11 Å². The van der Waals surface area contributed by atoms with Crippen LogP contribution >= 0.6 is 24.0 Å². The Balaban J connectivity index is 0.00000450. The van der Waals surface area contributed by atoms with Gasteiger partial charge in [0, 0.05) is 59.6 Å². The van der Waals surface area contributed by atoms with Gasteiger partial charge in [0.05, 0.1) is 6.10 Å². The summed E-state index contributed by atoms with van der Waals surface area (Å²) in [5.41, 5.74) is 2.70. The molecular weight excluding hydrogens is 491 g/mol. The van der Waals surface area contributed by atoms with Crippen LogP contribution in [0.4, 0.5) is 0 Å². The molecule has 1 aromatic rings. The van der Waals surface area contributed by atoms with E-state index >= 15 is 0 Å². The van der Waals surface area contributed by atoms with E-state index in [1.165, 1.54) is 11.1 Å². The number of guanidine groups is 1. The average molecular weight is 533 g/mol. The van der Waals surface area contributed by atoms with E-state index < -0.39 is 0 Å². The number of ether oxygens (including phenoxy) is 2. The fourth-order valence-electron chi connectivity index (χ4n) is 3.53. The predicted molar refractivity (Wildman–Crippen MR) is 136 cm³/mol. The van der Waals surface area contributed by atoms with E-state index in [2.05, 4.69) is 65.3 Å². The average Bonchev–Trinajstić information content (AvgIpc) is 2.73. The number of benzene rings is 1. The molecule has 1 saturated heterocycles. The van der Waals surface area contributed by atoms with Gasteiger partial charge in [0.15, 0.2) is 5.96 Å². The molecule has 1 aliphatic heterocycles. The molecule has 1 heterocycles. The second kappa shape index (κ2) is 15.0. The summed E-state index contributed by atoms with van der Waals surface area (Å²) in [6.07, 6.45) is 3.41. The number of nitrogens with zero attached hydrogens (tertiary/aromatic N) is 3. The van der Waals surface area contributed by atoms with E-state index in [1.807, 2.05) is 7.05 Å². The monoisotopic (exact) mass is 532 g/mol. The second-order valence-electron chi connectivity index (χ2n) is 8.08. The number of nitrogens with one attached hydrogen (secondary N) is 1. The van der Waals surface area contributed by atoms with Gasteiger partial charge in [0.1, 0.15) is 0 Å². The molecule has 0 bridgehead atoms. The molecule has 7 heteroatoms. The van der Waals surface area contributed by atoms with Crippen LogP contribution in [-0.2, 0) is 22.6 Å². The van der Waals surface area contributed by atoms with Crippen LogP contribution < -0.4 is 5.32 Å². The van der Waals surface area contributed by atoms with Crippen LogP contribution in [0.1, 0.15) is 44.2 Å². The lowest BCUT2D eigenvalue weighted by Gasteiger charge is -2.34. The quantitative estimate of drug-likeness (QED) is 0.216. The third kappa shape index (κ3) is 9.08. The highest BCUT2D eigenvalue weighted by Gasteiger charge is 2.22. The summed E-state index contributed by atoms with van der Waals surface area (Å²) in [4.78, 5) is 9.23. The third-order valence-corrected chi connectivity index (χ3v) is 5.66. The molecule has 30 heavy (non-hydrogen) atoms. The van der Waals surface area contributed by atoms with E-state index in [9.17, 15) is 0 Å². The summed E-state index contributed by atoms with van der Waals surface area (Å²) < 4.78 is 11.1. The van der Waals surface area contributed by atoms with Gasteiger partial charge in [0.25, 0.3) is 0 Å². The van der Waals surface area contributed by atoms with Gasteiger partial charge in [0.2, 0.25) is 0 Å². The standard InChI is InChI=1S/C23H40N4O2.HI/c1-19(2)26(4)18-21-10-7-6-9-20(21)17-25-23(24-3)27-13-11-22(12-14-27)29-16-8-15-28-5;/h6-7,9-10,19,22H,8,11-18H2,1-5H3,(H,24,25);1H. The Hall–Kier alpha value is -0.900. The molecule has 2 rings (SSSR count). The van der Waals surface area contributed by atoms with Gasteiger partial charge in [-0.25, -0.2) is 0 Å². The number of aliphatic imine (C=N–C) groups is 1. The largest absolute Gasteiger partial charge is 0.385 e. The normalized spacial score (nSPS) is 15.6. The summed E-state index contributed by atoms with van der Waals surface area (Å²) >= 11 is 0. The maximum atomic E-state index is 5.98. The number of hydrogen-bond acceptors (Lipinski definition) is 4. The molecular formula is C23H41IN4O2. The maximum Gasteiger partial charge on any atom is 0.193 e. The van der Waals surface area contributed by atoms with Gasteiger partial charge < -0.3 is 19.7 Å². The summed E-state index contributed by atoms with van der Waals surface area (Å²) in [7, 11) is 5.78. The zero-order chi connectivity index (χ0) is 21.1. The van der Waals surface area contributed by atoms with Gasteiger partial charge in [-0.05, 0) is 51.3 Å². The van der Waals surface area contributed by atoms with Crippen molar-refractivity contribution in [3.8, 4) is 0 Å². The van der Waals surface area contributed by atoms with Crippen molar-refractivity contribution in [2.75, 3.05) is 47.5 Å². The summed E-state index contributed by atoms with van der Waals surface area (Å²) in [6.45, 7) is 9.72. The minimum atomic E-state index is 0. The molecule has 0 aromatic heterocycles. The third-order valence-electron chi connectivity index (χ3n) is 5.66. The minimum Gasteiger partial charge on any atom is -0.385 e. The smallest absolute Gasteiger partial charge is 0.193 e. The van der Waals surface area contributed by atoms with Gasteiger partial charge in [-0.2, -0.15) is 0 Å². The van der Waals surface area contributed by atoms with Crippen molar-refractivity contribution in [1.82, 2.24) is 15.1 Å². The number of rotatable bonds is 10. The van der Waals surface area contributed by atoms with Crippen molar-refractivity contribution in [2.45, 2.75) is 58.3 Å². The van der Waals surface area contributed by atoms with Crippen LogP contribution in [0.3, 0.4) is 0 Å². The van der Waals surface area contributed by atoms with E-state index in [-0.39, 0.29) is 24.0 Å². The number of hydrogen-bond donors (Lipinski definition) is 1. The summed E-state index contributed by atoms with van der Waals surface area (Å²) in [6, 6.07) is 9.21. The van der Waals surface area contributed by atoms with Crippen LogP contribution in [0.15, 0.2) is 29.3 Å². The lowest BCUT2D eigenvalue weighted by Crippen LogP contribution is -2.46. The van der Waals surface area contributed by atoms with Crippen LogP contribution in [0.2, 0.25) is 0 Å². The molecule has 1 fully saturated rings. The first-order valence-electron chi connectivity index (χ1n) is 10.9. The molecule has 0 atom stereocenters. The highest BCUT2D eigenvalue weighted by molar-refractivity contribution is 14.0. The Kier molecular flexibility index (Phi) is 13.6. The first-order chi connectivity index (χ1) is 14.0. The first kappa shape index (κ1) is 27.1. The Morgan fingerprint density at radius 3 is 2.47 bits per heavy atom. The molecule has 1 N–H and O–H groups in total. The van der Waals surface area contributed by atoms with E-state index in [0.717, 1.165) is 64.6 Å². The van der Waals surface area contributed by atoms with Crippen LogP contribution in [0.25, 0.3) is 0 Å². The highest BCUT2D eigenvalue weighted by atomic mass is 127. The summed E-state index contributed by atoms with van der Waals surface area (Å²) in [5.74, 6) is 0.981. The Morgan fingerprint density at radius 2 is 1.87 bits per heavy atom. The first-order valence-corrected chi connectivity index (χ1v) is 10.9. The van der Waals surface area contributed by atoms with Crippen molar-refractivity contribution in [3.05, 3.63) is 35.4 Å². The van der Waals surface area contributed by atoms with Crippen LogP contribution in [0, 0.1) is 0 Å². The highest BCUT2D eigenvalue weighted by Crippen LogP contribution is 2.16. The molecule has 0 spiro atoms. The molecule has 0 radical (unpaired) electrons. The zero-order valence-electron chi connectivity index (χ0n) is 19.4. The molecule has 172 valence electrons. The van der Waals surface area contributed by atoms with Crippen LogP contribution in [0.5, 0.6) is 0 Å². The molecule has 0 aliphatic carbocycles. The van der Waals surface area contributed by atoms with Crippen molar-refractivity contribution in [3.63, 3.8) is 0 Å². The molecule has 1 aliphatic rings. The second-order valence-corrected chi connectivity index (χ2v) is 8.08. The van der Waals surface area contributed by atoms with Crippen LogP contribution in [-0.4, -0.2) is 75.4 Å². The fraction of sp³-hybridized carbons (Fsp3) is 0.696. The SMILES string of the molecule is CN=C(NCc1ccccc1CN(C)C(C)C)N1CCC(OCCCOC)CC1.I. The van der Waals surface area contributed by atoms with Gasteiger partial charge >= 0.3 is 0 Å². The van der Waals surface area contributed by atoms with E-state index in [4.69, 9.17) is 9.47 Å².